The van der Waals surface area contributed by atoms with Crippen LogP contribution in [0.5, 0.6) is 0 Å². The summed E-state index contributed by atoms with van der Waals surface area (Å²) in [6, 6.07) is 0. The first-order valence-electron chi connectivity index (χ1n) is 7.11. The largest absolute Gasteiger partial charge is 0.480 e. The number of hydrogen-bond donors (Lipinski definition) is 2. The molecular weight excluding hydrogens is 214 g/mol. The molecule has 17 heavy (non-hydrogen) atoms. The van der Waals surface area contributed by atoms with E-state index in [-0.39, 0.29) is 0 Å². The molecule has 0 bridgehead atoms. The Labute approximate surface area is 106 Å². The predicted octanol–water partition coefficient (Wildman–Crippen LogP) is 3.58. The monoisotopic (exact) mass is 243 g/mol. The number of aliphatic carboxylic acids is 1. The molecule has 0 spiro atoms. The van der Waals surface area contributed by atoms with Crippen molar-refractivity contribution in [2.45, 2.75) is 77.7 Å². The van der Waals surface area contributed by atoms with Crippen LogP contribution in [0, 0.1) is 0 Å². The lowest BCUT2D eigenvalue weighted by Crippen LogP contribution is -2.51. The second-order valence-corrected chi connectivity index (χ2v) is 4.79. The third kappa shape index (κ3) is 6.06. The second-order valence-electron chi connectivity index (χ2n) is 4.79. The van der Waals surface area contributed by atoms with Crippen LogP contribution in [0.2, 0.25) is 0 Å². The Bertz CT molecular complexity index is 200. The van der Waals surface area contributed by atoms with Crippen molar-refractivity contribution in [2.24, 2.45) is 0 Å². The Morgan fingerprint density at radius 2 is 1.53 bits per heavy atom. The maximum Gasteiger partial charge on any atom is 0.323 e. The van der Waals surface area contributed by atoms with Gasteiger partial charge in [-0.2, -0.15) is 0 Å². The topological polar surface area (TPSA) is 49.3 Å². The minimum Gasteiger partial charge on any atom is -0.480 e. The number of rotatable bonds is 11. The van der Waals surface area contributed by atoms with Crippen LogP contribution in [0.25, 0.3) is 0 Å². The maximum absolute atomic E-state index is 11.2. The van der Waals surface area contributed by atoms with Crippen molar-refractivity contribution < 1.29 is 9.90 Å². The van der Waals surface area contributed by atoms with E-state index in [0.29, 0.717) is 12.8 Å². The molecule has 0 saturated heterocycles. The summed E-state index contributed by atoms with van der Waals surface area (Å²) in [6.07, 6.45) is 8.75. The summed E-state index contributed by atoms with van der Waals surface area (Å²) in [5.41, 5.74) is -0.705. The smallest absolute Gasteiger partial charge is 0.323 e. The lowest BCUT2D eigenvalue weighted by Gasteiger charge is -2.28. The van der Waals surface area contributed by atoms with Gasteiger partial charge >= 0.3 is 5.97 Å². The highest BCUT2D eigenvalue weighted by atomic mass is 16.4. The van der Waals surface area contributed by atoms with Gasteiger partial charge in [0, 0.05) is 0 Å². The van der Waals surface area contributed by atoms with Gasteiger partial charge in [-0.05, 0) is 25.8 Å². The minimum atomic E-state index is -0.714. The van der Waals surface area contributed by atoms with Crippen molar-refractivity contribution in [3.63, 3.8) is 0 Å². The molecule has 0 aliphatic carbocycles. The quantitative estimate of drug-likeness (QED) is 0.545. The number of hydrogen-bond acceptors (Lipinski definition) is 2. The van der Waals surface area contributed by atoms with E-state index >= 15 is 0 Å². The van der Waals surface area contributed by atoms with Crippen molar-refractivity contribution in [3.8, 4) is 0 Å². The molecule has 3 nitrogen and oxygen atoms in total. The average Bonchev–Trinajstić information content (AvgIpc) is 2.33. The average molecular weight is 243 g/mol. The van der Waals surface area contributed by atoms with E-state index in [1.807, 2.05) is 13.8 Å². The van der Waals surface area contributed by atoms with Crippen LogP contribution in [-0.4, -0.2) is 23.2 Å². The molecule has 0 unspecified atom stereocenters. The Morgan fingerprint density at radius 1 is 1.00 bits per heavy atom. The van der Waals surface area contributed by atoms with Gasteiger partial charge in [-0.15, -0.1) is 0 Å². The Kier molecular flexibility index (Phi) is 9.14. The predicted molar refractivity (Wildman–Crippen MR) is 72.3 cm³/mol. The van der Waals surface area contributed by atoms with E-state index in [1.54, 1.807) is 0 Å². The van der Waals surface area contributed by atoms with Gasteiger partial charge in [0.1, 0.15) is 5.54 Å². The number of carboxylic acids is 1. The summed E-state index contributed by atoms with van der Waals surface area (Å²) in [5.74, 6) is -0.714. The summed E-state index contributed by atoms with van der Waals surface area (Å²) < 4.78 is 0. The van der Waals surface area contributed by atoms with Crippen molar-refractivity contribution in [1.29, 1.82) is 0 Å². The standard InChI is InChI=1S/C14H29NO2/c1-4-7-8-9-10-11-12-15-14(5-2,6-3)13(16)17/h15H,4-12H2,1-3H3,(H,16,17). The van der Waals surface area contributed by atoms with Crippen molar-refractivity contribution >= 4 is 5.97 Å². The highest BCUT2D eigenvalue weighted by Crippen LogP contribution is 2.15. The third-order valence-electron chi connectivity index (χ3n) is 3.61. The van der Waals surface area contributed by atoms with Gasteiger partial charge in [0.05, 0.1) is 0 Å². The fraction of sp³-hybridized carbons (Fsp3) is 0.929. The fourth-order valence-corrected chi connectivity index (χ4v) is 2.11. The van der Waals surface area contributed by atoms with E-state index in [0.717, 1.165) is 13.0 Å². The molecule has 0 aliphatic rings. The first kappa shape index (κ1) is 16.4. The molecule has 0 saturated carbocycles. The summed E-state index contributed by atoms with van der Waals surface area (Å²) in [5, 5.41) is 12.5. The Hall–Kier alpha value is -0.570. The molecule has 102 valence electrons. The van der Waals surface area contributed by atoms with Gasteiger partial charge in [-0.3, -0.25) is 4.79 Å². The normalized spacial score (nSPS) is 11.7. The maximum atomic E-state index is 11.2. The van der Waals surface area contributed by atoms with E-state index in [9.17, 15) is 9.90 Å². The van der Waals surface area contributed by atoms with Crippen LogP contribution in [0.3, 0.4) is 0 Å². The zero-order valence-electron chi connectivity index (χ0n) is 11.7. The first-order valence-corrected chi connectivity index (χ1v) is 7.11. The number of unbranched alkanes of at least 4 members (excludes halogenated alkanes) is 5. The van der Waals surface area contributed by atoms with Crippen molar-refractivity contribution in [2.75, 3.05) is 6.54 Å². The van der Waals surface area contributed by atoms with Gasteiger partial charge in [0.25, 0.3) is 0 Å². The third-order valence-corrected chi connectivity index (χ3v) is 3.61. The van der Waals surface area contributed by atoms with Gasteiger partial charge < -0.3 is 10.4 Å². The van der Waals surface area contributed by atoms with Crippen molar-refractivity contribution in [1.82, 2.24) is 5.32 Å². The summed E-state index contributed by atoms with van der Waals surface area (Å²) >= 11 is 0. The Balaban J connectivity index is 3.73. The molecule has 0 aliphatic heterocycles. The number of nitrogens with one attached hydrogen (secondary N) is 1. The van der Waals surface area contributed by atoms with Crippen LogP contribution >= 0.6 is 0 Å². The molecule has 3 heteroatoms. The molecule has 0 heterocycles. The molecule has 0 aromatic carbocycles. The van der Waals surface area contributed by atoms with Gasteiger partial charge in [0.15, 0.2) is 0 Å². The zero-order valence-corrected chi connectivity index (χ0v) is 11.7. The fourth-order valence-electron chi connectivity index (χ4n) is 2.11. The van der Waals surface area contributed by atoms with Crippen molar-refractivity contribution in [3.05, 3.63) is 0 Å². The van der Waals surface area contributed by atoms with Crippen LogP contribution in [-0.2, 0) is 4.79 Å². The van der Waals surface area contributed by atoms with Gasteiger partial charge in [0.2, 0.25) is 0 Å². The molecule has 2 N–H and O–H groups in total. The van der Waals surface area contributed by atoms with Gasteiger partial charge in [-0.25, -0.2) is 0 Å². The van der Waals surface area contributed by atoms with Gasteiger partial charge in [-0.1, -0.05) is 52.9 Å². The number of carbonyl (C=O) groups is 1. The first-order chi connectivity index (χ1) is 8.13. The molecule has 0 amide bonds. The van der Waals surface area contributed by atoms with E-state index in [2.05, 4.69) is 12.2 Å². The summed E-state index contributed by atoms with van der Waals surface area (Å²) in [7, 11) is 0. The van der Waals surface area contributed by atoms with Crippen LogP contribution in [0.1, 0.15) is 72.1 Å². The van der Waals surface area contributed by atoms with Crippen LogP contribution in [0.4, 0.5) is 0 Å². The molecule has 0 atom stereocenters. The summed E-state index contributed by atoms with van der Waals surface area (Å²) in [6.45, 7) is 6.91. The second kappa shape index (κ2) is 9.46. The molecule has 0 rings (SSSR count). The minimum absolute atomic E-state index is 0.647. The molecule has 0 fully saturated rings. The molecule has 0 aromatic rings. The summed E-state index contributed by atoms with van der Waals surface area (Å²) in [4.78, 5) is 11.2. The molecular formula is C14H29NO2. The van der Waals surface area contributed by atoms with E-state index < -0.39 is 11.5 Å². The lowest BCUT2D eigenvalue weighted by molar-refractivity contribution is -0.145. The van der Waals surface area contributed by atoms with Crippen LogP contribution < -0.4 is 5.32 Å². The highest BCUT2D eigenvalue weighted by Gasteiger charge is 2.33. The Morgan fingerprint density at radius 3 is 2.00 bits per heavy atom. The molecule has 0 radical (unpaired) electrons. The zero-order chi connectivity index (χ0) is 13.1. The SMILES string of the molecule is CCCCCCCCNC(CC)(CC)C(=O)O. The van der Waals surface area contributed by atoms with E-state index in [4.69, 9.17) is 0 Å². The molecule has 0 aromatic heterocycles. The lowest BCUT2D eigenvalue weighted by atomic mass is 9.93. The highest BCUT2D eigenvalue weighted by molar-refractivity contribution is 5.78. The van der Waals surface area contributed by atoms with E-state index in [1.165, 1.54) is 32.1 Å². The number of carboxylic acid groups (broad SMARTS) is 1. The van der Waals surface area contributed by atoms with Crippen LogP contribution in [0.15, 0.2) is 0 Å².